The Morgan fingerprint density at radius 2 is 1.16 bits per heavy atom. The molecule has 0 radical (unpaired) electrons. The predicted octanol–water partition coefficient (Wildman–Crippen LogP) is 4.54. The highest BCUT2D eigenvalue weighted by Crippen LogP contribution is 2.14. The topological polar surface area (TPSA) is 26.3 Å². The van der Waals surface area contributed by atoms with E-state index < -0.39 is 0 Å². The van der Waals surface area contributed by atoms with Crippen molar-refractivity contribution in [2.24, 2.45) is 0 Å². The van der Waals surface area contributed by atoms with E-state index in [1.54, 1.807) is 0 Å². The summed E-state index contributed by atoms with van der Waals surface area (Å²) in [5.41, 5.74) is 0. The molecule has 0 saturated heterocycles. The van der Waals surface area contributed by atoms with E-state index >= 15 is 0 Å². The summed E-state index contributed by atoms with van der Waals surface area (Å²) in [6, 6.07) is 9.35. The van der Waals surface area contributed by atoms with Crippen molar-refractivity contribution in [3.8, 4) is 5.75 Å². The number of benzene rings is 1. The van der Waals surface area contributed by atoms with Crippen LogP contribution < -0.4 is 17.1 Å². The van der Waals surface area contributed by atoms with Crippen LogP contribution in [0.2, 0.25) is 0 Å². The fourth-order valence-electron chi connectivity index (χ4n) is 3.97. The van der Waals surface area contributed by atoms with E-state index in [0.29, 0.717) is 12.2 Å². The molecule has 0 aliphatic rings. The van der Waals surface area contributed by atoms with Crippen molar-refractivity contribution in [3.63, 3.8) is 0 Å². The number of quaternary nitrogens is 1. The summed E-state index contributed by atoms with van der Waals surface area (Å²) in [6.45, 7) is 4.93. The first-order valence-corrected chi connectivity index (χ1v) is 12.6. The van der Waals surface area contributed by atoms with E-state index in [2.05, 4.69) is 21.0 Å². The summed E-state index contributed by atoms with van der Waals surface area (Å²) >= 11 is 0. The molecule has 0 amide bonds. The second kappa shape index (κ2) is 19.6. The first-order chi connectivity index (χ1) is 14.5. The number of hydrogen-bond donors (Lipinski definition) is 0. The summed E-state index contributed by atoms with van der Waals surface area (Å²) in [7, 11) is 4.80. The minimum absolute atomic E-state index is 0. The number of unbranched alkanes of at least 4 members (excludes halogenated alkanes) is 12. The molecule has 31 heavy (non-hydrogen) atoms. The Bertz CT molecular complexity index is 533. The molecule has 0 unspecified atom stereocenters. The van der Waals surface area contributed by atoms with Gasteiger partial charge in [-0.25, -0.2) is 0 Å². The molecule has 0 aliphatic carbocycles. The van der Waals surface area contributed by atoms with Crippen LogP contribution in [0.25, 0.3) is 0 Å². The fourth-order valence-corrected chi connectivity index (χ4v) is 3.97. The minimum Gasteiger partial charge on any atom is -1.00 e. The quantitative estimate of drug-likeness (QED) is 0.133. The number of hydrogen-bond acceptors (Lipinski definition) is 2. The molecule has 1 rings (SSSR count). The van der Waals surface area contributed by atoms with Crippen LogP contribution in [0.5, 0.6) is 5.75 Å². The summed E-state index contributed by atoms with van der Waals surface area (Å²) in [5.74, 6) is 0.541. The molecule has 0 heterocycles. The zero-order valence-corrected chi connectivity index (χ0v) is 21.3. The van der Waals surface area contributed by atoms with E-state index in [-0.39, 0.29) is 18.4 Å². The zero-order valence-electron chi connectivity index (χ0n) is 20.5. The zero-order chi connectivity index (χ0) is 21.9. The van der Waals surface area contributed by atoms with Gasteiger partial charge in [0.25, 0.3) is 0 Å². The van der Waals surface area contributed by atoms with Crippen molar-refractivity contribution in [2.45, 2.75) is 103 Å². The summed E-state index contributed by atoms with van der Waals surface area (Å²) in [5, 5.41) is 0. The van der Waals surface area contributed by atoms with Gasteiger partial charge in [-0.05, 0) is 44.2 Å². The van der Waals surface area contributed by atoms with Gasteiger partial charge >= 0.3 is 5.97 Å². The van der Waals surface area contributed by atoms with Gasteiger partial charge in [-0.2, -0.15) is 0 Å². The highest BCUT2D eigenvalue weighted by molar-refractivity contribution is 5.72. The Labute approximate surface area is 198 Å². The number of carbonyl (C=O) groups is 1. The lowest BCUT2D eigenvalue weighted by atomic mass is 10.1. The molecular formula is C27H48ClNO2. The number of esters is 1. The van der Waals surface area contributed by atoms with Crippen molar-refractivity contribution in [1.29, 1.82) is 0 Å². The van der Waals surface area contributed by atoms with Crippen molar-refractivity contribution in [2.75, 3.05) is 27.2 Å². The Kier molecular flexibility index (Phi) is 18.9. The number of para-hydroxylation sites is 1. The normalized spacial score (nSPS) is 11.2. The minimum atomic E-state index is -0.108. The Hall–Kier alpha value is -1.06. The van der Waals surface area contributed by atoms with E-state index in [1.807, 2.05) is 30.3 Å². The first-order valence-electron chi connectivity index (χ1n) is 12.6. The Morgan fingerprint density at radius 1 is 0.710 bits per heavy atom. The van der Waals surface area contributed by atoms with Gasteiger partial charge in [-0.15, -0.1) is 0 Å². The lowest BCUT2D eigenvalue weighted by Gasteiger charge is -2.30. The van der Waals surface area contributed by atoms with Crippen LogP contribution >= 0.6 is 0 Å². The van der Waals surface area contributed by atoms with Gasteiger partial charge in [-0.3, -0.25) is 4.79 Å². The lowest BCUT2D eigenvalue weighted by molar-refractivity contribution is -0.890. The third-order valence-electron chi connectivity index (χ3n) is 5.99. The second-order valence-electron chi connectivity index (χ2n) is 9.52. The maximum atomic E-state index is 11.8. The van der Waals surface area contributed by atoms with Crippen LogP contribution in [-0.2, 0) is 4.79 Å². The largest absolute Gasteiger partial charge is 1.00 e. The van der Waals surface area contributed by atoms with Gasteiger partial charge in [0.2, 0.25) is 0 Å². The predicted molar refractivity (Wildman–Crippen MR) is 129 cm³/mol. The first kappa shape index (κ1) is 29.9. The molecule has 4 heteroatoms. The number of ether oxygens (including phenoxy) is 1. The Balaban J connectivity index is 0.00000900. The molecule has 0 aromatic heterocycles. The van der Waals surface area contributed by atoms with Crippen molar-refractivity contribution < 1.29 is 26.4 Å². The molecular weight excluding hydrogens is 406 g/mol. The third kappa shape index (κ3) is 18.2. The molecule has 0 fully saturated rings. The molecule has 0 spiro atoms. The van der Waals surface area contributed by atoms with Crippen LogP contribution in [0.1, 0.15) is 103 Å². The van der Waals surface area contributed by atoms with Crippen LogP contribution in [-0.4, -0.2) is 37.6 Å². The van der Waals surface area contributed by atoms with Gasteiger partial charge in [0.15, 0.2) is 0 Å². The van der Waals surface area contributed by atoms with Crippen LogP contribution in [0.15, 0.2) is 30.3 Å². The molecule has 0 atom stereocenters. The highest BCUT2D eigenvalue weighted by atomic mass is 35.5. The van der Waals surface area contributed by atoms with E-state index in [4.69, 9.17) is 4.74 Å². The maximum Gasteiger partial charge on any atom is 0.311 e. The van der Waals surface area contributed by atoms with E-state index in [0.717, 1.165) is 12.8 Å². The van der Waals surface area contributed by atoms with Crippen molar-refractivity contribution >= 4 is 5.97 Å². The fraction of sp³-hybridized carbons (Fsp3) is 0.741. The smallest absolute Gasteiger partial charge is 0.311 e. The highest BCUT2D eigenvalue weighted by Gasteiger charge is 2.13. The molecule has 180 valence electrons. The van der Waals surface area contributed by atoms with Gasteiger partial charge in [0, 0.05) is 6.42 Å². The number of halogens is 1. The molecule has 0 saturated carbocycles. The summed E-state index contributed by atoms with van der Waals surface area (Å²) in [4.78, 5) is 11.8. The molecule has 0 N–H and O–H groups in total. The van der Waals surface area contributed by atoms with Crippen molar-refractivity contribution in [1.82, 2.24) is 0 Å². The summed E-state index contributed by atoms with van der Waals surface area (Å²) in [6.07, 6.45) is 18.9. The molecule has 1 aromatic carbocycles. The molecule has 1 aromatic rings. The van der Waals surface area contributed by atoms with Gasteiger partial charge in [0.1, 0.15) is 5.75 Å². The average molecular weight is 454 g/mol. The summed E-state index contributed by atoms with van der Waals surface area (Å²) < 4.78 is 6.51. The molecule has 0 bridgehead atoms. The van der Waals surface area contributed by atoms with Gasteiger partial charge in [-0.1, -0.05) is 82.9 Å². The Morgan fingerprint density at radius 3 is 1.68 bits per heavy atom. The van der Waals surface area contributed by atoms with Crippen LogP contribution in [0.4, 0.5) is 0 Å². The molecule has 3 nitrogen and oxygen atoms in total. The third-order valence-corrected chi connectivity index (χ3v) is 5.99. The molecule has 0 aliphatic heterocycles. The number of rotatable bonds is 19. The van der Waals surface area contributed by atoms with Gasteiger partial charge < -0.3 is 21.6 Å². The maximum absolute atomic E-state index is 11.8. The van der Waals surface area contributed by atoms with E-state index in [1.165, 1.54) is 94.6 Å². The monoisotopic (exact) mass is 453 g/mol. The van der Waals surface area contributed by atoms with Gasteiger partial charge in [0.05, 0.1) is 27.2 Å². The van der Waals surface area contributed by atoms with E-state index in [9.17, 15) is 4.79 Å². The lowest BCUT2D eigenvalue weighted by Crippen LogP contribution is -3.00. The average Bonchev–Trinajstić information content (AvgIpc) is 2.72. The van der Waals surface area contributed by atoms with Crippen LogP contribution in [0.3, 0.4) is 0 Å². The number of nitrogens with zero attached hydrogens (tertiary/aromatic N) is 1. The SMILES string of the molecule is CCCCCCCC[N+](C)(C)CCCCCCCCCCC(=O)Oc1ccccc1.[Cl-]. The standard InChI is InChI=1S/C27H48NO2.ClH/c1-4-5-6-7-13-19-24-28(2,3)25-20-14-11-9-8-10-12-18-23-27(29)30-26-21-16-15-17-22-26;/h15-17,21-22H,4-14,18-20,23-25H2,1-3H3;1H/q+1;/p-1. The van der Waals surface area contributed by atoms with Crippen LogP contribution in [0, 0.1) is 0 Å². The second-order valence-corrected chi connectivity index (χ2v) is 9.52. The van der Waals surface area contributed by atoms with Crippen molar-refractivity contribution in [3.05, 3.63) is 30.3 Å². The number of carbonyl (C=O) groups excluding carboxylic acids is 1.